The fourth-order valence-electron chi connectivity index (χ4n) is 2.98. The van der Waals surface area contributed by atoms with Crippen LogP contribution in [0.4, 0.5) is 22.7 Å². The normalized spacial score (nSPS) is 10.4. The largest absolute Gasteiger partial charge is 0.372 e. The maximum atomic E-state index is 12.6. The van der Waals surface area contributed by atoms with E-state index in [2.05, 4.69) is 34.4 Å². The summed E-state index contributed by atoms with van der Waals surface area (Å²) >= 11 is 0. The molecule has 0 spiro atoms. The monoisotopic (exact) mass is 374 g/mol. The number of carbonyl (C=O) groups excluding carboxylic acids is 1. The SMILES string of the molecule is CCN(CC)c1ccc(NC(=O)c2cc(Nc3ccc(C)cc3)ccn2)cc1. The molecule has 28 heavy (non-hydrogen) atoms. The number of aromatic nitrogens is 1. The quantitative estimate of drug-likeness (QED) is 0.594. The highest BCUT2D eigenvalue weighted by atomic mass is 16.1. The number of hydrogen-bond acceptors (Lipinski definition) is 4. The van der Waals surface area contributed by atoms with Gasteiger partial charge in [-0.05, 0) is 69.3 Å². The molecular weight excluding hydrogens is 348 g/mol. The van der Waals surface area contributed by atoms with Gasteiger partial charge in [0.2, 0.25) is 0 Å². The Hall–Kier alpha value is -3.34. The Balaban J connectivity index is 1.68. The summed E-state index contributed by atoms with van der Waals surface area (Å²) in [4.78, 5) is 19.0. The van der Waals surface area contributed by atoms with Gasteiger partial charge in [-0.2, -0.15) is 0 Å². The van der Waals surface area contributed by atoms with E-state index >= 15 is 0 Å². The second-order valence-corrected chi connectivity index (χ2v) is 6.59. The first kappa shape index (κ1) is 19.4. The molecule has 5 nitrogen and oxygen atoms in total. The maximum absolute atomic E-state index is 12.6. The zero-order chi connectivity index (χ0) is 19.9. The number of nitrogens with one attached hydrogen (secondary N) is 2. The summed E-state index contributed by atoms with van der Waals surface area (Å²) in [5, 5.41) is 6.21. The number of hydrogen-bond donors (Lipinski definition) is 2. The van der Waals surface area contributed by atoms with Crippen molar-refractivity contribution in [1.82, 2.24) is 4.98 Å². The van der Waals surface area contributed by atoms with Gasteiger partial charge in [-0.15, -0.1) is 0 Å². The van der Waals surface area contributed by atoms with Crippen LogP contribution in [0.3, 0.4) is 0 Å². The Bertz CT molecular complexity index is 916. The van der Waals surface area contributed by atoms with Crippen LogP contribution in [-0.2, 0) is 0 Å². The third-order valence-electron chi connectivity index (χ3n) is 4.59. The van der Waals surface area contributed by atoms with E-state index in [4.69, 9.17) is 0 Å². The molecule has 0 saturated carbocycles. The first-order valence-electron chi connectivity index (χ1n) is 9.55. The average molecular weight is 374 g/mol. The van der Waals surface area contributed by atoms with Gasteiger partial charge in [0.25, 0.3) is 5.91 Å². The summed E-state index contributed by atoms with van der Waals surface area (Å²) < 4.78 is 0. The van der Waals surface area contributed by atoms with E-state index in [1.165, 1.54) is 5.56 Å². The molecule has 0 saturated heterocycles. The third kappa shape index (κ3) is 4.88. The molecule has 0 fully saturated rings. The van der Waals surface area contributed by atoms with E-state index in [1.54, 1.807) is 12.3 Å². The fourth-order valence-corrected chi connectivity index (χ4v) is 2.98. The van der Waals surface area contributed by atoms with Crippen molar-refractivity contribution in [2.24, 2.45) is 0 Å². The molecule has 2 aromatic carbocycles. The lowest BCUT2D eigenvalue weighted by atomic mass is 10.2. The summed E-state index contributed by atoms with van der Waals surface area (Å²) in [6, 6.07) is 19.6. The van der Waals surface area contributed by atoms with Crippen LogP contribution in [0.5, 0.6) is 0 Å². The van der Waals surface area contributed by atoms with E-state index in [1.807, 2.05) is 61.5 Å². The molecule has 1 amide bonds. The minimum Gasteiger partial charge on any atom is -0.372 e. The van der Waals surface area contributed by atoms with Crippen molar-refractivity contribution < 1.29 is 4.79 Å². The van der Waals surface area contributed by atoms with E-state index in [0.717, 1.165) is 35.8 Å². The molecule has 2 N–H and O–H groups in total. The zero-order valence-electron chi connectivity index (χ0n) is 16.6. The molecule has 0 unspecified atom stereocenters. The number of benzene rings is 2. The first-order chi connectivity index (χ1) is 13.6. The minimum absolute atomic E-state index is 0.233. The summed E-state index contributed by atoms with van der Waals surface area (Å²) in [7, 11) is 0. The highest BCUT2D eigenvalue weighted by Gasteiger charge is 2.09. The van der Waals surface area contributed by atoms with Crippen LogP contribution >= 0.6 is 0 Å². The molecular formula is C23H26N4O. The Morgan fingerprint density at radius 2 is 1.54 bits per heavy atom. The minimum atomic E-state index is -0.233. The number of nitrogens with zero attached hydrogens (tertiary/aromatic N) is 2. The van der Waals surface area contributed by atoms with Gasteiger partial charge in [-0.1, -0.05) is 17.7 Å². The van der Waals surface area contributed by atoms with E-state index in [9.17, 15) is 4.79 Å². The van der Waals surface area contributed by atoms with Crippen molar-refractivity contribution in [3.05, 3.63) is 78.1 Å². The van der Waals surface area contributed by atoms with Gasteiger partial charge in [-0.3, -0.25) is 9.78 Å². The van der Waals surface area contributed by atoms with E-state index < -0.39 is 0 Å². The topological polar surface area (TPSA) is 57.3 Å². The summed E-state index contributed by atoms with van der Waals surface area (Å²) in [5.41, 5.74) is 5.25. The first-order valence-corrected chi connectivity index (χ1v) is 9.55. The second-order valence-electron chi connectivity index (χ2n) is 6.59. The van der Waals surface area contributed by atoms with Gasteiger partial charge in [0.1, 0.15) is 5.69 Å². The summed E-state index contributed by atoms with van der Waals surface area (Å²) in [6.45, 7) is 8.21. The van der Waals surface area contributed by atoms with Crippen molar-refractivity contribution >= 4 is 28.7 Å². The lowest BCUT2D eigenvalue weighted by Gasteiger charge is -2.21. The Morgan fingerprint density at radius 1 is 0.893 bits per heavy atom. The standard InChI is InChI=1S/C23H26N4O/c1-4-27(5-2)21-12-10-19(11-13-21)26-23(28)22-16-20(14-15-24-22)25-18-8-6-17(3)7-9-18/h6-16H,4-5H2,1-3H3,(H,24,25)(H,26,28). The van der Waals surface area contributed by atoms with Crippen molar-refractivity contribution in [2.75, 3.05) is 28.6 Å². The van der Waals surface area contributed by atoms with Crippen molar-refractivity contribution in [3.63, 3.8) is 0 Å². The molecule has 0 atom stereocenters. The van der Waals surface area contributed by atoms with E-state index in [0.29, 0.717) is 5.69 Å². The molecule has 0 bridgehead atoms. The maximum Gasteiger partial charge on any atom is 0.274 e. The van der Waals surface area contributed by atoms with Crippen molar-refractivity contribution in [2.45, 2.75) is 20.8 Å². The fraction of sp³-hybridized carbons (Fsp3) is 0.217. The van der Waals surface area contributed by atoms with Crippen LogP contribution in [0.1, 0.15) is 29.9 Å². The lowest BCUT2D eigenvalue weighted by Crippen LogP contribution is -2.21. The van der Waals surface area contributed by atoms with Crippen LogP contribution < -0.4 is 15.5 Å². The number of aryl methyl sites for hydroxylation is 1. The molecule has 0 radical (unpaired) electrons. The molecule has 5 heteroatoms. The Labute approximate surface area is 166 Å². The van der Waals surface area contributed by atoms with Gasteiger partial charge >= 0.3 is 0 Å². The molecule has 3 rings (SSSR count). The lowest BCUT2D eigenvalue weighted by molar-refractivity contribution is 0.102. The number of carbonyl (C=O) groups is 1. The predicted molar refractivity (Wildman–Crippen MR) is 117 cm³/mol. The van der Waals surface area contributed by atoms with Gasteiger partial charge < -0.3 is 15.5 Å². The van der Waals surface area contributed by atoms with Gasteiger partial charge in [-0.25, -0.2) is 0 Å². The Kier molecular flexibility index (Phi) is 6.27. The van der Waals surface area contributed by atoms with Crippen molar-refractivity contribution in [1.29, 1.82) is 0 Å². The molecule has 1 aromatic heterocycles. The van der Waals surface area contributed by atoms with E-state index in [-0.39, 0.29) is 5.91 Å². The molecule has 3 aromatic rings. The highest BCUT2D eigenvalue weighted by Crippen LogP contribution is 2.20. The number of anilines is 4. The van der Waals surface area contributed by atoms with Gasteiger partial charge in [0.15, 0.2) is 0 Å². The van der Waals surface area contributed by atoms with Crippen LogP contribution in [0, 0.1) is 6.92 Å². The zero-order valence-corrected chi connectivity index (χ0v) is 16.6. The average Bonchev–Trinajstić information content (AvgIpc) is 2.72. The summed E-state index contributed by atoms with van der Waals surface area (Å²) in [5.74, 6) is -0.233. The Morgan fingerprint density at radius 3 is 2.18 bits per heavy atom. The van der Waals surface area contributed by atoms with Gasteiger partial charge in [0, 0.05) is 42.0 Å². The van der Waals surface area contributed by atoms with Crippen molar-refractivity contribution in [3.8, 4) is 0 Å². The summed E-state index contributed by atoms with van der Waals surface area (Å²) in [6.07, 6.45) is 1.63. The molecule has 144 valence electrons. The number of pyridine rings is 1. The number of amides is 1. The predicted octanol–water partition coefficient (Wildman–Crippen LogP) is 5.23. The van der Waals surface area contributed by atoms with Crippen LogP contribution in [-0.4, -0.2) is 24.0 Å². The molecule has 1 heterocycles. The second kappa shape index (κ2) is 9.04. The van der Waals surface area contributed by atoms with Crippen LogP contribution in [0.2, 0.25) is 0 Å². The molecule has 0 aliphatic heterocycles. The molecule has 0 aliphatic carbocycles. The van der Waals surface area contributed by atoms with Crippen LogP contribution in [0.15, 0.2) is 66.9 Å². The van der Waals surface area contributed by atoms with Crippen LogP contribution in [0.25, 0.3) is 0 Å². The molecule has 0 aliphatic rings. The number of rotatable bonds is 7. The third-order valence-corrected chi connectivity index (χ3v) is 4.59. The van der Waals surface area contributed by atoms with Gasteiger partial charge in [0.05, 0.1) is 0 Å². The smallest absolute Gasteiger partial charge is 0.274 e. The highest BCUT2D eigenvalue weighted by molar-refractivity contribution is 6.03.